The van der Waals surface area contributed by atoms with Crippen molar-refractivity contribution in [2.24, 2.45) is 0 Å². The van der Waals surface area contributed by atoms with E-state index in [1.807, 2.05) is 6.20 Å². The molecule has 0 amide bonds. The Kier molecular flexibility index (Phi) is 11.3. The molecule has 0 saturated heterocycles. The van der Waals surface area contributed by atoms with Crippen molar-refractivity contribution >= 4 is 32.8 Å². The molecule has 3 heterocycles. The second kappa shape index (κ2) is 16.7. The number of phenolic OH excluding ortho intramolecular Hbond substituents is 1. The molecule has 0 aliphatic rings. The Balaban J connectivity index is 0.00000548. The van der Waals surface area contributed by atoms with Crippen molar-refractivity contribution in [3.8, 4) is 62.0 Å². The maximum atomic E-state index is 12.5. The molecule has 7 aromatic carbocycles. The van der Waals surface area contributed by atoms with Crippen LogP contribution in [0.3, 0.4) is 0 Å². The topological polar surface area (TPSA) is 55.9 Å². The van der Waals surface area contributed by atoms with Gasteiger partial charge in [-0.2, -0.15) is 0 Å². The first-order valence-corrected chi connectivity index (χ1v) is 22.6. The average molecular weight is 1040 g/mol. The Morgan fingerprint density at radius 3 is 1.85 bits per heavy atom. The molecule has 10 rings (SSSR count). The predicted molar refractivity (Wildman–Crippen MR) is 272 cm³/mol. The van der Waals surface area contributed by atoms with Gasteiger partial charge in [0.05, 0.1) is 33.3 Å². The van der Waals surface area contributed by atoms with E-state index in [0.29, 0.717) is 11.4 Å². The van der Waals surface area contributed by atoms with E-state index in [4.69, 9.17) is 9.97 Å². The van der Waals surface area contributed by atoms with Gasteiger partial charge in [-0.05, 0) is 81.5 Å². The largest absolute Gasteiger partial charge is 0.507 e. The van der Waals surface area contributed by atoms with E-state index < -0.39 is 0 Å². The van der Waals surface area contributed by atoms with Gasteiger partial charge in [0, 0.05) is 60.5 Å². The van der Waals surface area contributed by atoms with Crippen molar-refractivity contribution in [3.05, 3.63) is 187 Å². The summed E-state index contributed by atoms with van der Waals surface area (Å²) in [6, 6.07) is 59.4. The summed E-state index contributed by atoms with van der Waals surface area (Å²) in [6.07, 6.45) is 2.00. The molecule has 0 unspecified atom stereocenters. The van der Waals surface area contributed by atoms with Gasteiger partial charge >= 0.3 is 0 Å². The minimum absolute atomic E-state index is 0. The number of aromatic hydroxyl groups is 1. The van der Waals surface area contributed by atoms with Gasteiger partial charge in [0.2, 0.25) is 0 Å². The number of aromatic nitrogens is 4. The second-order valence-electron chi connectivity index (χ2n) is 20.5. The quantitative estimate of drug-likeness (QED) is 0.169. The molecule has 0 bridgehead atoms. The van der Waals surface area contributed by atoms with Crippen LogP contribution in [0.2, 0.25) is 0 Å². The van der Waals surface area contributed by atoms with Crippen LogP contribution in [0.4, 0.5) is 0 Å². The monoisotopic (exact) mass is 1040 g/mol. The number of rotatable bonds is 6. The molecule has 0 spiro atoms. The van der Waals surface area contributed by atoms with Crippen molar-refractivity contribution in [2.75, 3.05) is 0 Å². The van der Waals surface area contributed by atoms with Gasteiger partial charge in [-0.3, -0.25) is 9.55 Å². The van der Waals surface area contributed by atoms with Gasteiger partial charge in [-0.15, -0.1) is 29.8 Å². The van der Waals surface area contributed by atoms with Crippen molar-refractivity contribution in [1.82, 2.24) is 19.1 Å². The summed E-state index contributed by atoms with van der Waals surface area (Å²) in [4.78, 5) is 10.7. The van der Waals surface area contributed by atoms with Crippen molar-refractivity contribution < 1.29 is 26.2 Å². The number of hydrogen-bond donors (Lipinski definition) is 1. The van der Waals surface area contributed by atoms with Crippen LogP contribution in [0.1, 0.15) is 79.0 Å². The van der Waals surface area contributed by atoms with Crippen LogP contribution in [-0.2, 0) is 37.3 Å². The molecule has 0 aliphatic heterocycles. The van der Waals surface area contributed by atoms with E-state index >= 15 is 0 Å². The van der Waals surface area contributed by atoms with Gasteiger partial charge in [-0.1, -0.05) is 164 Å². The third-order valence-electron chi connectivity index (χ3n) is 12.8. The minimum Gasteiger partial charge on any atom is -0.507 e. The number of nitrogens with zero attached hydrogens (tertiary/aromatic N) is 4. The number of fused-ring (bicyclic) bond motifs is 4. The fourth-order valence-electron chi connectivity index (χ4n) is 9.24. The molecule has 0 aliphatic carbocycles. The average Bonchev–Trinajstić information content (AvgIpc) is 3.84. The Bertz CT molecular complexity index is 3430. The Morgan fingerprint density at radius 2 is 1.14 bits per heavy atom. The van der Waals surface area contributed by atoms with Crippen LogP contribution >= 0.6 is 0 Å². The zero-order chi connectivity index (χ0) is 45.4. The summed E-state index contributed by atoms with van der Waals surface area (Å²) in [6.45, 7) is 19.9. The Morgan fingerprint density at radius 1 is 0.500 bits per heavy atom. The summed E-state index contributed by atoms with van der Waals surface area (Å²) in [5.41, 5.74) is 15.2. The molecule has 6 heteroatoms. The first kappa shape index (κ1) is 44.6. The number of pyridine rings is 1. The first-order valence-electron chi connectivity index (χ1n) is 22.6. The summed E-state index contributed by atoms with van der Waals surface area (Å²) >= 11 is 0. The fourth-order valence-corrected chi connectivity index (χ4v) is 9.24. The summed E-state index contributed by atoms with van der Waals surface area (Å²) in [7, 11) is 0. The minimum atomic E-state index is -0.326. The molecule has 0 radical (unpaired) electrons. The molecule has 1 N–H and O–H groups in total. The molecule has 5 nitrogen and oxygen atoms in total. The standard InChI is InChI=1S/C60H55N4O.Pt/c1-58(2,3)41-30-31-52(46(33-41)38-20-12-10-13-21-38)64-53-29-19-27-44(55(53)62-57(64)47-34-42(59(4,5)6)35-49(56(47)65)60(7,8)9)39-22-18-23-40(32-39)50-36-54-48(37-61-50)45-26-16-17-28-51(45)63(54)43-24-14-11-15-25-43;/h10-31,33-37,65H,1-9H3;/q-1;. The number of para-hydroxylation sites is 3. The van der Waals surface area contributed by atoms with E-state index in [-0.39, 0.29) is 43.1 Å². The van der Waals surface area contributed by atoms with Gasteiger partial charge in [0.15, 0.2) is 0 Å². The molecule has 3 aromatic heterocycles. The molecule has 10 aromatic rings. The third-order valence-corrected chi connectivity index (χ3v) is 12.8. The smallest absolute Gasteiger partial charge is 0.148 e. The maximum Gasteiger partial charge on any atom is 0.148 e. The van der Waals surface area contributed by atoms with Gasteiger partial charge < -0.3 is 9.67 Å². The van der Waals surface area contributed by atoms with E-state index in [1.54, 1.807) is 0 Å². The maximum absolute atomic E-state index is 12.5. The van der Waals surface area contributed by atoms with Crippen molar-refractivity contribution in [1.29, 1.82) is 0 Å². The van der Waals surface area contributed by atoms with E-state index in [2.05, 4.69) is 235 Å². The van der Waals surface area contributed by atoms with Crippen LogP contribution in [0.15, 0.2) is 164 Å². The zero-order valence-corrected chi connectivity index (χ0v) is 41.4. The normalized spacial score (nSPS) is 12.3. The van der Waals surface area contributed by atoms with Crippen LogP contribution < -0.4 is 0 Å². The summed E-state index contributed by atoms with van der Waals surface area (Å²) < 4.78 is 4.59. The molecule has 332 valence electrons. The van der Waals surface area contributed by atoms with E-state index in [0.717, 1.165) is 83.5 Å². The molecule has 0 saturated carbocycles. The molecular weight excluding hydrogens is 988 g/mol. The molecule has 0 fully saturated rings. The SMILES string of the molecule is CC(C)(C)c1ccc(-n2c(-c3cc(C(C)(C)C)cc(C(C)(C)C)c3O)nc3c(-c4[c-]c(-c5cc6c(cn5)c5ccccc5n6-c5ccccc5)ccc4)cccc32)c(-c2ccccc2)c1.[Pt]. The van der Waals surface area contributed by atoms with E-state index in [1.165, 1.54) is 10.9 Å². The molecular formula is C60H55N4OPt-. The Labute approximate surface area is 403 Å². The fraction of sp³-hybridized carbons (Fsp3) is 0.200. The molecule has 0 atom stereocenters. The predicted octanol–water partition coefficient (Wildman–Crippen LogP) is 15.6. The number of hydrogen-bond acceptors (Lipinski definition) is 3. The van der Waals surface area contributed by atoms with Crippen LogP contribution in [0.5, 0.6) is 5.75 Å². The van der Waals surface area contributed by atoms with Crippen LogP contribution in [0.25, 0.3) is 89.1 Å². The van der Waals surface area contributed by atoms with Crippen LogP contribution in [0, 0.1) is 6.07 Å². The zero-order valence-electron chi connectivity index (χ0n) is 39.1. The molecule has 66 heavy (non-hydrogen) atoms. The number of phenols is 1. The second-order valence-corrected chi connectivity index (χ2v) is 20.5. The van der Waals surface area contributed by atoms with E-state index in [9.17, 15) is 5.11 Å². The van der Waals surface area contributed by atoms with Gasteiger partial charge in [0.1, 0.15) is 11.6 Å². The summed E-state index contributed by atoms with van der Waals surface area (Å²) in [5, 5.41) is 14.8. The number of imidazole rings is 1. The van der Waals surface area contributed by atoms with Crippen molar-refractivity contribution in [3.63, 3.8) is 0 Å². The third kappa shape index (κ3) is 7.88. The number of benzene rings is 7. The summed E-state index contributed by atoms with van der Waals surface area (Å²) in [5.74, 6) is 0.929. The van der Waals surface area contributed by atoms with Crippen LogP contribution in [-0.4, -0.2) is 24.2 Å². The Hall–Kier alpha value is -6.55. The first-order chi connectivity index (χ1) is 31.1. The van der Waals surface area contributed by atoms with Crippen molar-refractivity contribution in [2.45, 2.75) is 78.6 Å². The van der Waals surface area contributed by atoms with Gasteiger partial charge in [-0.25, -0.2) is 4.98 Å². The van der Waals surface area contributed by atoms with Gasteiger partial charge in [0.25, 0.3) is 0 Å².